The summed E-state index contributed by atoms with van der Waals surface area (Å²) in [5, 5.41) is 3.55. The maximum atomic E-state index is 11.3. The number of hydrogen-bond donors (Lipinski definition) is 1. The fraction of sp³-hybridized carbons (Fsp3) is 0.429. The number of nitrogens with one attached hydrogen (secondary N) is 1. The fourth-order valence-corrected chi connectivity index (χ4v) is 2.38. The third kappa shape index (κ3) is 3.75. The van der Waals surface area contributed by atoms with Gasteiger partial charge < -0.3 is 4.74 Å². The van der Waals surface area contributed by atoms with Crippen LogP contribution in [0.15, 0.2) is 16.8 Å². The standard InChI is InChI=1S/C7H11NO3S2/c1-11-3-5-13(9,10)8-7-2-4-12-6-7/h2,4,6,8H,3,5H2,1H3. The van der Waals surface area contributed by atoms with Gasteiger partial charge in [0.05, 0.1) is 18.0 Å². The van der Waals surface area contributed by atoms with Gasteiger partial charge >= 0.3 is 0 Å². The van der Waals surface area contributed by atoms with E-state index in [1.807, 2.05) is 5.38 Å². The zero-order chi connectivity index (χ0) is 9.73. The Morgan fingerprint density at radius 1 is 1.62 bits per heavy atom. The Morgan fingerprint density at radius 3 is 2.92 bits per heavy atom. The van der Waals surface area contributed by atoms with E-state index in [0.29, 0.717) is 5.69 Å². The smallest absolute Gasteiger partial charge is 0.235 e. The molecule has 1 N–H and O–H groups in total. The van der Waals surface area contributed by atoms with Crippen LogP contribution in [0.1, 0.15) is 0 Å². The highest BCUT2D eigenvalue weighted by Crippen LogP contribution is 2.13. The SMILES string of the molecule is COCCS(=O)(=O)Nc1ccsc1. The topological polar surface area (TPSA) is 55.4 Å². The third-order valence-corrected chi connectivity index (χ3v) is 3.28. The minimum absolute atomic E-state index is 0.0145. The van der Waals surface area contributed by atoms with Gasteiger partial charge in [0, 0.05) is 12.5 Å². The van der Waals surface area contributed by atoms with Crippen LogP contribution in [0.4, 0.5) is 5.69 Å². The van der Waals surface area contributed by atoms with Gasteiger partial charge in [-0.3, -0.25) is 4.72 Å². The van der Waals surface area contributed by atoms with E-state index in [9.17, 15) is 8.42 Å². The lowest BCUT2D eigenvalue weighted by Gasteiger charge is -2.04. The average Bonchev–Trinajstić information content (AvgIpc) is 2.52. The van der Waals surface area contributed by atoms with Gasteiger partial charge in [0.25, 0.3) is 0 Å². The number of methoxy groups -OCH3 is 1. The van der Waals surface area contributed by atoms with E-state index in [1.165, 1.54) is 18.4 Å². The summed E-state index contributed by atoms with van der Waals surface area (Å²) >= 11 is 1.45. The second-order valence-corrected chi connectivity index (χ2v) is 5.05. The maximum absolute atomic E-state index is 11.3. The Kier molecular flexibility index (Phi) is 3.71. The number of hydrogen-bond acceptors (Lipinski definition) is 4. The van der Waals surface area contributed by atoms with E-state index in [-0.39, 0.29) is 12.4 Å². The zero-order valence-electron chi connectivity index (χ0n) is 7.19. The van der Waals surface area contributed by atoms with E-state index < -0.39 is 10.0 Å². The minimum Gasteiger partial charge on any atom is -0.384 e. The first kappa shape index (κ1) is 10.5. The van der Waals surface area contributed by atoms with E-state index >= 15 is 0 Å². The Bertz CT molecular complexity index is 331. The van der Waals surface area contributed by atoms with Gasteiger partial charge in [0.15, 0.2) is 0 Å². The molecule has 6 heteroatoms. The van der Waals surface area contributed by atoms with Gasteiger partial charge in [-0.15, -0.1) is 0 Å². The molecule has 0 saturated carbocycles. The summed E-state index contributed by atoms with van der Waals surface area (Å²) in [5.41, 5.74) is 0.612. The number of anilines is 1. The molecule has 0 atom stereocenters. The van der Waals surface area contributed by atoms with Crippen LogP contribution in [-0.4, -0.2) is 27.9 Å². The van der Waals surface area contributed by atoms with Crippen molar-refractivity contribution in [1.82, 2.24) is 0 Å². The molecule has 1 aromatic rings. The Balaban J connectivity index is 2.53. The Morgan fingerprint density at radius 2 is 2.38 bits per heavy atom. The first-order valence-electron chi connectivity index (χ1n) is 3.66. The Labute approximate surface area is 81.6 Å². The molecule has 1 heterocycles. The van der Waals surface area contributed by atoms with Crippen LogP contribution in [0.25, 0.3) is 0 Å². The third-order valence-electron chi connectivity index (χ3n) is 1.35. The van der Waals surface area contributed by atoms with Crippen molar-refractivity contribution < 1.29 is 13.2 Å². The quantitative estimate of drug-likeness (QED) is 0.811. The molecule has 0 bridgehead atoms. The molecular formula is C7H11NO3S2. The van der Waals surface area contributed by atoms with Crippen molar-refractivity contribution >= 4 is 27.0 Å². The molecule has 1 aromatic heterocycles. The summed E-state index contributed by atoms with van der Waals surface area (Å²) in [6, 6.07) is 1.72. The fourth-order valence-electron chi connectivity index (χ4n) is 0.746. The van der Waals surface area contributed by atoms with Gasteiger partial charge in [0.2, 0.25) is 10.0 Å². The molecule has 4 nitrogen and oxygen atoms in total. The zero-order valence-corrected chi connectivity index (χ0v) is 8.82. The maximum Gasteiger partial charge on any atom is 0.235 e. The van der Waals surface area contributed by atoms with Crippen LogP contribution in [0.5, 0.6) is 0 Å². The predicted octanol–water partition coefficient (Wildman–Crippen LogP) is 1.14. The number of rotatable bonds is 5. The van der Waals surface area contributed by atoms with Crippen LogP contribution in [0.2, 0.25) is 0 Å². The molecule has 0 radical (unpaired) electrons. The van der Waals surface area contributed by atoms with Crippen LogP contribution in [0.3, 0.4) is 0 Å². The highest BCUT2D eigenvalue weighted by Gasteiger charge is 2.09. The first-order valence-corrected chi connectivity index (χ1v) is 6.25. The number of ether oxygens (including phenoxy) is 1. The van der Waals surface area contributed by atoms with Crippen LogP contribution >= 0.6 is 11.3 Å². The van der Waals surface area contributed by atoms with Crippen molar-refractivity contribution in [1.29, 1.82) is 0 Å². The van der Waals surface area contributed by atoms with Crippen molar-refractivity contribution in [3.05, 3.63) is 16.8 Å². The molecule has 1 rings (SSSR count). The van der Waals surface area contributed by atoms with Crippen molar-refractivity contribution in [3.63, 3.8) is 0 Å². The molecule has 0 aliphatic carbocycles. The van der Waals surface area contributed by atoms with Gasteiger partial charge in [-0.25, -0.2) is 8.42 Å². The largest absolute Gasteiger partial charge is 0.384 e. The van der Waals surface area contributed by atoms with Crippen LogP contribution in [-0.2, 0) is 14.8 Å². The van der Waals surface area contributed by atoms with Crippen molar-refractivity contribution in [2.45, 2.75) is 0 Å². The summed E-state index contributed by atoms with van der Waals surface area (Å²) in [4.78, 5) is 0. The van der Waals surface area contributed by atoms with Gasteiger partial charge in [-0.2, -0.15) is 11.3 Å². The first-order chi connectivity index (χ1) is 6.14. The van der Waals surface area contributed by atoms with E-state index in [0.717, 1.165) is 0 Å². The summed E-state index contributed by atoms with van der Waals surface area (Å²) in [5.74, 6) is -0.0145. The number of thiophene rings is 1. The second-order valence-electron chi connectivity index (χ2n) is 2.43. The van der Waals surface area contributed by atoms with Crippen molar-refractivity contribution in [2.75, 3.05) is 24.2 Å². The van der Waals surface area contributed by atoms with E-state index in [1.54, 1.807) is 11.4 Å². The lowest BCUT2D eigenvalue weighted by Crippen LogP contribution is -2.19. The molecular weight excluding hydrogens is 210 g/mol. The molecule has 0 saturated heterocycles. The molecule has 0 fully saturated rings. The number of sulfonamides is 1. The van der Waals surface area contributed by atoms with Crippen LogP contribution in [0, 0.1) is 0 Å². The van der Waals surface area contributed by atoms with E-state index in [2.05, 4.69) is 9.46 Å². The predicted molar refractivity (Wildman–Crippen MR) is 53.6 cm³/mol. The molecule has 13 heavy (non-hydrogen) atoms. The molecule has 0 aliphatic rings. The molecule has 0 aromatic carbocycles. The summed E-state index contributed by atoms with van der Waals surface area (Å²) in [6.45, 7) is 0.208. The summed E-state index contributed by atoms with van der Waals surface area (Å²) in [6.07, 6.45) is 0. The normalized spacial score (nSPS) is 11.5. The molecule has 0 aliphatic heterocycles. The molecule has 74 valence electrons. The van der Waals surface area contributed by atoms with Crippen molar-refractivity contribution in [3.8, 4) is 0 Å². The summed E-state index contributed by atoms with van der Waals surface area (Å²) in [7, 11) is -1.76. The monoisotopic (exact) mass is 221 g/mol. The van der Waals surface area contributed by atoms with Gasteiger partial charge in [0.1, 0.15) is 0 Å². The van der Waals surface area contributed by atoms with Crippen LogP contribution < -0.4 is 4.72 Å². The van der Waals surface area contributed by atoms with Gasteiger partial charge in [-0.05, 0) is 11.4 Å². The lowest BCUT2D eigenvalue weighted by atomic mass is 10.6. The molecule has 0 spiro atoms. The lowest BCUT2D eigenvalue weighted by molar-refractivity contribution is 0.217. The average molecular weight is 221 g/mol. The molecule has 0 unspecified atom stereocenters. The highest BCUT2D eigenvalue weighted by molar-refractivity contribution is 7.92. The Hall–Kier alpha value is -0.590. The van der Waals surface area contributed by atoms with Crippen molar-refractivity contribution in [2.24, 2.45) is 0 Å². The van der Waals surface area contributed by atoms with Gasteiger partial charge in [-0.1, -0.05) is 0 Å². The van der Waals surface area contributed by atoms with E-state index in [4.69, 9.17) is 0 Å². The minimum atomic E-state index is -3.24. The molecule has 0 amide bonds. The highest BCUT2D eigenvalue weighted by atomic mass is 32.2. The summed E-state index contributed by atoms with van der Waals surface area (Å²) < 4.78 is 29.7. The second kappa shape index (κ2) is 4.59.